The first-order chi connectivity index (χ1) is 9.97. The molecule has 0 aliphatic carbocycles. The van der Waals surface area contributed by atoms with Crippen molar-refractivity contribution in [1.29, 1.82) is 0 Å². The zero-order chi connectivity index (χ0) is 15.3. The van der Waals surface area contributed by atoms with Crippen LogP contribution in [0.5, 0.6) is 0 Å². The number of aromatic nitrogens is 2. The Morgan fingerprint density at radius 3 is 2.82 bits per heavy atom. The third-order valence-corrected chi connectivity index (χ3v) is 3.03. The summed E-state index contributed by atoms with van der Waals surface area (Å²) in [5.74, 6) is -0.211. The van der Waals surface area contributed by atoms with Gasteiger partial charge in [0, 0.05) is 19.3 Å². The lowest BCUT2D eigenvalue weighted by molar-refractivity contribution is -0.141. The monoisotopic (exact) mass is 339 g/mol. The van der Waals surface area contributed by atoms with E-state index in [1.165, 1.54) is 0 Å². The molecule has 1 aliphatic heterocycles. The summed E-state index contributed by atoms with van der Waals surface area (Å²) in [6.07, 6.45) is -1.69. The van der Waals surface area contributed by atoms with E-state index < -0.39 is 11.9 Å². The molecule has 0 aromatic carbocycles. The second kappa shape index (κ2) is 8.14. The number of carbonyl (C=O) groups is 1. The van der Waals surface area contributed by atoms with Crippen LogP contribution in [-0.2, 0) is 11.0 Å². The molecule has 1 aromatic rings. The van der Waals surface area contributed by atoms with E-state index in [1.54, 1.807) is 0 Å². The third-order valence-electron chi connectivity index (χ3n) is 3.03. The summed E-state index contributed by atoms with van der Waals surface area (Å²) in [5.41, 5.74) is -1.00. The van der Waals surface area contributed by atoms with E-state index in [-0.39, 0.29) is 43.4 Å². The molecule has 1 saturated heterocycles. The van der Waals surface area contributed by atoms with Gasteiger partial charge in [0.05, 0.1) is 6.04 Å². The molecule has 10 heteroatoms. The van der Waals surface area contributed by atoms with Gasteiger partial charge in [0.2, 0.25) is 11.9 Å². The molecule has 1 unspecified atom stereocenters. The van der Waals surface area contributed by atoms with Crippen LogP contribution >= 0.6 is 12.4 Å². The third kappa shape index (κ3) is 5.30. The van der Waals surface area contributed by atoms with Crippen LogP contribution in [0.1, 0.15) is 18.5 Å². The fourth-order valence-electron chi connectivity index (χ4n) is 1.99. The summed E-state index contributed by atoms with van der Waals surface area (Å²) in [6, 6.07) is 0.633. The molecule has 2 rings (SSSR count). The highest BCUT2D eigenvalue weighted by Gasteiger charge is 2.32. The fraction of sp³-hybridized carbons (Fsp3) is 0.583. The fourth-order valence-corrected chi connectivity index (χ4v) is 1.99. The number of nitrogens with zero attached hydrogens (tertiary/aromatic N) is 2. The Balaban J connectivity index is 0.00000242. The maximum Gasteiger partial charge on any atom is 0.433 e. The van der Waals surface area contributed by atoms with Gasteiger partial charge in [-0.15, -0.1) is 12.4 Å². The Kier molecular flexibility index (Phi) is 6.82. The Labute approximate surface area is 131 Å². The molecule has 1 atom stereocenters. The summed E-state index contributed by atoms with van der Waals surface area (Å²) in [4.78, 5) is 18.7. The molecule has 22 heavy (non-hydrogen) atoms. The molecule has 0 saturated carbocycles. The molecule has 6 nitrogen and oxygen atoms in total. The number of halogens is 4. The van der Waals surface area contributed by atoms with Gasteiger partial charge in [-0.1, -0.05) is 0 Å². The van der Waals surface area contributed by atoms with Crippen LogP contribution in [0, 0.1) is 0 Å². The lowest BCUT2D eigenvalue weighted by Gasteiger charge is -2.12. The molecular weight excluding hydrogens is 323 g/mol. The van der Waals surface area contributed by atoms with Gasteiger partial charge in [0.1, 0.15) is 5.69 Å². The Morgan fingerprint density at radius 1 is 1.41 bits per heavy atom. The van der Waals surface area contributed by atoms with Gasteiger partial charge in [0.25, 0.3) is 0 Å². The first-order valence-corrected chi connectivity index (χ1v) is 6.62. The van der Waals surface area contributed by atoms with Crippen LogP contribution in [-0.4, -0.2) is 41.6 Å². The average molecular weight is 340 g/mol. The van der Waals surface area contributed by atoms with Crippen molar-refractivity contribution in [2.75, 3.05) is 25.0 Å². The van der Waals surface area contributed by atoms with Crippen LogP contribution in [0.25, 0.3) is 0 Å². The zero-order valence-corrected chi connectivity index (χ0v) is 12.4. The van der Waals surface area contributed by atoms with Gasteiger partial charge in [-0.2, -0.15) is 13.2 Å². The van der Waals surface area contributed by atoms with Gasteiger partial charge in [-0.25, -0.2) is 9.97 Å². The van der Waals surface area contributed by atoms with Crippen molar-refractivity contribution in [2.24, 2.45) is 0 Å². The maximum atomic E-state index is 12.5. The molecule has 0 bridgehead atoms. The van der Waals surface area contributed by atoms with Crippen molar-refractivity contribution in [3.8, 4) is 0 Å². The molecule has 2 heterocycles. The Hall–Kier alpha value is -1.61. The Bertz CT molecular complexity index is 494. The number of alkyl halides is 3. The summed E-state index contributed by atoms with van der Waals surface area (Å²) in [7, 11) is 0. The number of nitrogens with one attached hydrogen (secondary N) is 3. The van der Waals surface area contributed by atoms with E-state index in [2.05, 4.69) is 25.9 Å². The lowest BCUT2D eigenvalue weighted by atomic mass is 10.2. The predicted octanol–water partition coefficient (Wildman–Crippen LogP) is 1.20. The topological polar surface area (TPSA) is 78.9 Å². The highest BCUT2D eigenvalue weighted by atomic mass is 35.5. The van der Waals surface area contributed by atoms with Crippen molar-refractivity contribution < 1.29 is 18.0 Å². The SMILES string of the molecule is Cl.O=C(NCCNc1nccc(C(F)(F)F)n1)C1CCCN1. The van der Waals surface area contributed by atoms with E-state index in [0.717, 1.165) is 31.6 Å². The number of carbonyl (C=O) groups excluding carboxylic acids is 1. The Morgan fingerprint density at radius 2 is 2.18 bits per heavy atom. The summed E-state index contributed by atoms with van der Waals surface area (Å²) in [5, 5.41) is 8.40. The average Bonchev–Trinajstić information content (AvgIpc) is 2.97. The molecule has 1 aliphatic rings. The van der Waals surface area contributed by atoms with Crippen LogP contribution in [0.3, 0.4) is 0 Å². The first-order valence-electron chi connectivity index (χ1n) is 6.62. The summed E-state index contributed by atoms with van der Waals surface area (Å²) >= 11 is 0. The van der Waals surface area contributed by atoms with Gasteiger partial charge >= 0.3 is 6.18 Å². The quantitative estimate of drug-likeness (QED) is 0.703. The molecule has 0 radical (unpaired) electrons. The predicted molar refractivity (Wildman–Crippen MR) is 76.8 cm³/mol. The minimum absolute atomic E-state index is 0. The van der Waals surface area contributed by atoms with Crippen molar-refractivity contribution in [3.63, 3.8) is 0 Å². The normalized spacial score (nSPS) is 17.7. The molecule has 124 valence electrons. The molecule has 1 amide bonds. The molecule has 1 fully saturated rings. The zero-order valence-electron chi connectivity index (χ0n) is 11.6. The van der Waals surface area contributed by atoms with E-state index in [1.807, 2.05) is 0 Å². The molecular formula is C12H17ClF3N5O. The van der Waals surface area contributed by atoms with Crippen LogP contribution in [0.2, 0.25) is 0 Å². The van der Waals surface area contributed by atoms with Crippen molar-refractivity contribution >= 4 is 24.3 Å². The number of hydrogen-bond donors (Lipinski definition) is 3. The smallest absolute Gasteiger partial charge is 0.353 e. The second-order valence-electron chi connectivity index (χ2n) is 4.63. The van der Waals surface area contributed by atoms with E-state index in [9.17, 15) is 18.0 Å². The second-order valence-corrected chi connectivity index (χ2v) is 4.63. The standard InChI is InChI=1S/C12H16F3N5O.ClH/c13-12(14,15)9-3-5-18-11(20-9)19-7-6-17-10(21)8-2-1-4-16-8;/h3,5,8,16H,1-2,4,6-7H2,(H,17,21)(H,18,19,20);1H. The van der Waals surface area contributed by atoms with Gasteiger partial charge in [0.15, 0.2) is 0 Å². The lowest BCUT2D eigenvalue weighted by Crippen LogP contribution is -2.42. The highest BCUT2D eigenvalue weighted by Crippen LogP contribution is 2.27. The van der Waals surface area contributed by atoms with Gasteiger partial charge in [-0.05, 0) is 25.5 Å². The molecule has 3 N–H and O–H groups in total. The number of rotatable bonds is 5. The van der Waals surface area contributed by atoms with E-state index in [4.69, 9.17) is 0 Å². The van der Waals surface area contributed by atoms with Crippen molar-refractivity contribution in [2.45, 2.75) is 25.1 Å². The highest BCUT2D eigenvalue weighted by molar-refractivity contribution is 5.85. The van der Waals surface area contributed by atoms with Crippen LogP contribution < -0.4 is 16.0 Å². The number of amides is 1. The van der Waals surface area contributed by atoms with Gasteiger partial charge < -0.3 is 16.0 Å². The molecule has 0 spiro atoms. The number of anilines is 1. The minimum Gasteiger partial charge on any atom is -0.353 e. The summed E-state index contributed by atoms with van der Waals surface area (Å²) < 4.78 is 37.4. The van der Waals surface area contributed by atoms with E-state index in [0.29, 0.717) is 0 Å². The largest absolute Gasteiger partial charge is 0.433 e. The molecule has 1 aromatic heterocycles. The number of hydrogen-bond acceptors (Lipinski definition) is 5. The van der Waals surface area contributed by atoms with Crippen LogP contribution in [0.4, 0.5) is 19.1 Å². The van der Waals surface area contributed by atoms with E-state index >= 15 is 0 Å². The first kappa shape index (κ1) is 18.4. The van der Waals surface area contributed by atoms with Crippen molar-refractivity contribution in [1.82, 2.24) is 20.6 Å². The maximum absolute atomic E-state index is 12.5. The van der Waals surface area contributed by atoms with Crippen LogP contribution in [0.15, 0.2) is 12.3 Å². The summed E-state index contributed by atoms with van der Waals surface area (Å²) in [6.45, 7) is 1.37. The minimum atomic E-state index is -4.50. The van der Waals surface area contributed by atoms with Crippen molar-refractivity contribution in [3.05, 3.63) is 18.0 Å². The van der Waals surface area contributed by atoms with Gasteiger partial charge in [-0.3, -0.25) is 4.79 Å².